The third-order valence-corrected chi connectivity index (χ3v) is 4.75. The zero-order valence-electron chi connectivity index (χ0n) is 15.2. The molecule has 4 nitrogen and oxygen atoms in total. The Hall–Kier alpha value is -2.49. The maximum absolute atomic E-state index is 12.1. The van der Waals surface area contributed by atoms with Crippen molar-refractivity contribution >= 4 is 11.7 Å². The van der Waals surface area contributed by atoms with E-state index >= 15 is 0 Å². The number of rotatable bonds is 7. The Labute approximate surface area is 156 Å². The van der Waals surface area contributed by atoms with E-state index in [0.29, 0.717) is 12.6 Å². The van der Waals surface area contributed by atoms with Gasteiger partial charge in [-0.3, -0.25) is 0 Å². The van der Waals surface area contributed by atoms with Gasteiger partial charge in [-0.2, -0.15) is 0 Å². The number of aryl methyl sites for hydroxylation is 1. The molecule has 2 amide bonds. The smallest absolute Gasteiger partial charge is 0.319 e. The molecule has 0 radical (unpaired) electrons. The SMILES string of the molecule is O=C(Nc1cccc(OCCCc2ccccc2)c1)NC1CCCCC1. The van der Waals surface area contributed by atoms with Crippen molar-refractivity contribution < 1.29 is 9.53 Å². The van der Waals surface area contributed by atoms with E-state index in [1.807, 2.05) is 30.3 Å². The molecule has 0 spiro atoms. The first kappa shape index (κ1) is 18.3. The lowest BCUT2D eigenvalue weighted by Crippen LogP contribution is -2.38. The lowest BCUT2D eigenvalue weighted by Gasteiger charge is -2.22. The molecule has 0 unspecified atom stereocenters. The number of carbonyl (C=O) groups excluding carboxylic acids is 1. The van der Waals surface area contributed by atoms with E-state index in [-0.39, 0.29) is 6.03 Å². The van der Waals surface area contributed by atoms with Gasteiger partial charge in [0.15, 0.2) is 0 Å². The number of urea groups is 1. The first-order chi connectivity index (χ1) is 12.8. The topological polar surface area (TPSA) is 50.4 Å². The summed E-state index contributed by atoms with van der Waals surface area (Å²) in [5.41, 5.74) is 2.09. The monoisotopic (exact) mass is 352 g/mol. The summed E-state index contributed by atoms with van der Waals surface area (Å²) >= 11 is 0. The molecule has 0 aliphatic heterocycles. The standard InChI is InChI=1S/C22H28N2O2/c25-22(23-19-12-5-2-6-13-19)24-20-14-7-15-21(17-20)26-16-8-11-18-9-3-1-4-10-18/h1,3-4,7,9-10,14-15,17,19H,2,5-6,8,11-13,16H2,(H2,23,24,25). The van der Waals surface area contributed by atoms with E-state index in [4.69, 9.17) is 4.74 Å². The summed E-state index contributed by atoms with van der Waals surface area (Å²) in [5.74, 6) is 0.786. The van der Waals surface area contributed by atoms with Crippen LogP contribution in [0.4, 0.5) is 10.5 Å². The zero-order chi connectivity index (χ0) is 18.0. The van der Waals surface area contributed by atoms with Gasteiger partial charge in [-0.15, -0.1) is 0 Å². The summed E-state index contributed by atoms with van der Waals surface area (Å²) in [7, 11) is 0. The quantitative estimate of drug-likeness (QED) is 0.677. The number of hydrogen-bond donors (Lipinski definition) is 2. The van der Waals surface area contributed by atoms with Crippen molar-refractivity contribution in [3.8, 4) is 5.75 Å². The molecule has 4 heteroatoms. The van der Waals surface area contributed by atoms with Gasteiger partial charge < -0.3 is 15.4 Å². The zero-order valence-corrected chi connectivity index (χ0v) is 15.2. The van der Waals surface area contributed by atoms with Crippen LogP contribution >= 0.6 is 0 Å². The van der Waals surface area contributed by atoms with Crippen molar-refractivity contribution in [1.29, 1.82) is 0 Å². The normalized spacial score (nSPS) is 14.6. The van der Waals surface area contributed by atoms with Gasteiger partial charge >= 0.3 is 6.03 Å². The lowest BCUT2D eigenvalue weighted by molar-refractivity contribution is 0.244. The average Bonchev–Trinajstić information content (AvgIpc) is 2.67. The van der Waals surface area contributed by atoms with Crippen molar-refractivity contribution in [2.75, 3.05) is 11.9 Å². The van der Waals surface area contributed by atoms with Gasteiger partial charge in [0.2, 0.25) is 0 Å². The summed E-state index contributed by atoms with van der Waals surface area (Å²) in [6, 6.07) is 18.2. The van der Waals surface area contributed by atoms with E-state index in [1.165, 1.54) is 24.8 Å². The van der Waals surface area contributed by atoms with Crippen molar-refractivity contribution in [3.05, 3.63) is 60.2 Å². The Morgan fingerprint density at radius 1 is 1.00 bits per heavy atom. The summed E-state index contributed by atoms with van der Waals surface area (Å²) in [5, 5.41) is 5.98. The van der Waals surface area contributed by atoms with Crippen LogP contribution in [0.1, 0.15) is 44.1 Å². The molecule has 3 rings (SSSR count). The molecule has 0 saturated heterocycles. The van der Waals surface area contributed by atoms with Crippen molar-refractivity contribution in [1.82, 2.24) is 5.32 Å². The first-order valence-corrected chi connectivity index (χ1v) is 9.64. The second-order valence-corrected chi connectivity index (χ2v) is 6.90. The molecular weight excluding hydrogens is 324 g/mol. The largest absolute Gasteiger partial charge is 0.494 e. The predicted molar refractivity (Wildman–Crippen MR) is 106 cm³/mol. The lowest BCUT2D eigenvalue weighted by atomic mass is 9.96. The van der Waals surface area contributed by atoms with Gasteiger partial charge in [0.1, 0.15) is 5.75 Å². The molecule has 0 atom stereocenters. The maximum Gasteiger partial charge on any atom is 0.319 e. The second-order valence-electron chi connectivity index (χ2n) is 6.90. The Bertz CT molecular complexity index is 682. The van der Waals surface area contributed by atoms with Crippen LogP contribution in [0.15, 0.2) is 54.6 Å². The maximum atomic E-state index is 12.1. The highest BCUT2D eigenvalue weighted by atomic mass is 16.5. The second kappa shape index (κ2) is 9.85. The highest BCUT2D eigenvalue weighted by molar-refractivity contribution is 5.89. The van der Waals surface area contributed by atoms with E-state index < -0.39 is 0 Å². The molecule has 2 aromatic carbocycles. The minimum atomic E-state index is -0.127. The summed E-state index contributed by atoms with van der Waals surface area (Å²) in [4.78, 5) is 12.1. The number of benzene rings is 2. The van der Waals surface area contributed by atoms with Gasteiger partial charge in [-0.1, -0.05) is 55.7 Å². The highest BCUT2D eigenvalue weighted by Crippen LogP contribution is 2.19. The molecule has 26 heavy (non-hydrogen) atoms. The van der Waals surface area contributed by atoms with E-state index in [9.17, 15) is 4.79 Å². The minimum absolute atomic E-state index is 0.127. The van der Waals surface area contributed by atoms with Crippen LogP contribution in [0.25, 0.3) is 0 Å². The van der Waals surface area contributed by atoms with E-state index in [1.54, 1.807) is 0 Å². The molecular formula is C22H28N2O2. The van der Waals surface area contributed by atoms with Crippen LogP contribution in [0.2, 0.25) is 0 Å². The number of hydrogen-bond acceptors (Lipinski definition) is 2. The van der Waals surface area contributed by atoms with Crippen LogP contribution in [-0.2, 0) is 6.42 Å². The Balaban J connectivity index is 1.41. The molecule has 1 saturated carbocycles. The van der Waals surface area contributed by atoms with Gasteiger partial charge in [0.05, 0.1) is 6.61 Å². The van der Waals surface area contributed by atoms with Crippen LogP contribution in [-0.4, -0.2) is 18.7 Å². The minimum Gasteiger partial charge on any atom is -0.494 e. The van der Waals surface area contributed by atoms with E-state index in [2.05, 4.69) is 34.9 Å². The van der Waals surface area contributed by atoms with Gasteiger partial charge in [-0.05, 0) is 43.4 Å². The summed E-state index contributed by atoms with van der Waals surface area (Å²) in [6.45, 7) is 0.659. The molecule has 1 aliphatic carbocycles. The molecule has 2 N–H and O–H groups in total. The third kappa shape index (κ3) is 6.10. The molecule has 1 aliphatic rings. The Kier molecular flexibility index (Phi) is 6.94. The third-order valence-electron chi connectivity index (χ3n) is 4.75. The van der Waals surface area contributed by atoms with Crippen LogP contribution in [0, 0.1) is 0 Å². The molecule has 0 heterocycles. The fraction of sp³-hybridized carbons (Fsp3) is 0.409. The molecule has 2 aromatic rings. The summed E-state index contributed by atoms with van der Waals surface area (Å²) < 4.78 is 5.83. The molecule has 0 aromatic heterocycles. The highest BCUT2D eigenvalue weighted by Gasteiger charge is 2.15. The first-order valence-electron chi connectivity index (χ1n) is 9.64. The fourth-order valence-electron chi connectivity index (χ4n) is 3.37. The molecule has 0 bridgehead atoms. The van der Waals surface area contributed by atoms with Crippen molar-refractivity contribution in [3.63, 3.8) is 0 Å². The average molecular weight is 352 g/mol. The molecule has 1 fully saturated rings. The van der Waals surface area contributed by atoms with Crippen LogP contribution < -0.4 is 15.4 Å². The number of amides is 2. The van der Waals surface area contributed by atoms with Gasteiger partial charge in [-0.25, -0.2) is 4.79 Å². The summed E-state index contributed by atoms with van der Waals surface area (Å²) in [6.07, 6.45) is 7.82. The Morgan fingerprint density at radius 3 is 2.62 bits per heavy atom. The van der Waals surface area contributed by atoms with Gasteiger partial charge in [0.25, 0.3) is 0 Å². The number of ether oxygens (including phenoxy) is 1. The van der Waals surface area contributed by atoms with Crippen LogP contribution in [0.3, 0.4) is 0 Å². The Morgan fingerprint density at radius 2 is 1.81 bits per heavy atom. The predicted octanol–water partition coefficient (Wildman–Crippen LogP) is 5.15. The molecule has 138 valence electrons. The van der Waals surface area contributed by atoms with Crippen molar-refractivity contribution in [2.24, 2.45) is 0 Å². The van der Waals surface area contributed by atoms with Crippen molar-refractivity contribution in [2.45, 2.75) is 51.0 Å². The van der Waals surface area contributed by atoms with E-state index in [0.717, 1.165) is 37.1 Å². The van der Waals surface area contributed by atoms with Crippen LogP contribution in [0.5, 0.6) is 5.75 Å². The number of anilines is 1. The number of carbonyl (C=O) groups is 1. The fourth-order valence-corrected chi connectivity index (χ4v) is 3.37. The van der Waals surface area contributed by atoms with Gasteiger partial charge in [0, 0.05) is 17.8 Å². The number of nitrogens with one attached hydrogen (secondary N) is 2.